The Morgan fingerprint density at radius 3 is 2.45 bits per heavy atom. The molecule has 1 aliphatic heterocycles. The van der Waals surface area contributed by atoms with Crippen molar-refractivity contribution >= 4 is 29.5 Å². The second kappa shape index (κ2) is 14.5. The molecule has 0 radical (unpaired) electrons. The zero-order valence-electron chi connectivity index (χ0n) is 21.0. The van der Waals surface area contributed by atoms with Gasteiger partial charge in [-0.05, 0) is 39.0 Å². The van der Waals surface area contributed by atoms with Gasteiger partial charge in [0.2, 0.25) is 12.0 Å². The maximum absolute atomic E-state index is 13.0. The number of nitrogens with two attached hydrogens (primary N) is 1. The van der Waals surface area contributed by atoms with E-state index >= 15 is 0 Å². The molecule has 210 valence electrons. The van der Waals surface area contributed by atoms with Gasteiger partial charge in [-0.1, -0.05) is 30.3 Å². The Labute approximate surface area is 218 Å². The van der Waals surface area contributed by atoms with Gasteiger partial charge in [-0.15, -0.1) is 0 Å². The van der Waals surface area contributed by atoms with Gasteiger partial charge in [0.05, 0.1) is 19.1 Å². The van der Waals surface area contributed by atoms with Gasteiger partial charge < -0.3 is 25.4 Å². The molecule has 0 aliphatic carbocycles. The number of carbonyl (C=O) groups excluding carboxylic acids is 5. The Morgan fingerprint density at radius 1 is 1.13 bits per heavy atom. The molecule has 3 atom stereocenters. The lowest BCUT2D eigenvalue weighted by atomic mass is 10.1. The van der Waals surface area contributed by atoms with E-state index < -0.39 is 60.3 Å². The minimum absolute atomic E-state index is 0.00912. The van der Waals surface area contributed by atoms with Crippen LogP contribution in [0.15, 0.2) is 30.3 Å². The minimum atomic E-state index is -4.97. The first-order valence-electron chi connectivity index (χ1n) is 12.3. The summed E-state index contributed by atoms with van der Waals surface area (Å²) >= 11 is 0. The molecule has 0 bridgehead atoms. The molecule has 1 aliphatic rings. The predicted molar refractivity (Wildman–Crippen MR) is 128 cm³/mol. The topological polar surface area (TPSA) is 145 Å². The van der Waals surface area contributed by atoms with E-state index in [4.69, 9.17) is 15.2 Å². The fraction of sp³-hybridized carbons (Fsp3) is 0.560. The van der Waals surface area contributed by atoms with Crippen LogP contribution in [0.5, 0.6) is 0 Å². The third kappa shape index (κ3) is 9.12. The number of esters is 2. The van der Waals surface area contributed by atoms with Crippen molar-refractivity contribution in [3.8, 4) is 0 Å². The standard InChI is InChI=1S/C25H32F3N3O7/c1-2-37-23(35)20(15-19(32)16-9-4-3-5-10-16)38-22(34)18-12-8-14-31(18)21(33)17(29)11-6-7-13-30-24(36)25(26,27)28/h3-5,9-10,17-18,20H,2,6-8,11-15,29H2,1H3,(H,30,36)/t17-,18-,20?/m0/s1. The molecule has 1 aromatic rings. The molecule has 13 heteroatoms. The number of hydrogen-bond donors (Lipinski definition) is 2. The average Bonchev–Trinajstić information content (AvgIpc) is 3.37. The lowest BCUT2D eigenvalue weighted by Crippen LogP contribution is -2.49. The van der Waals surface area contributed by atoms with Gasteiger partial charge in [0, 0.05) is 18.7 Å². The van der Waals surface area contributed by atoms with Crippen molar-refractivity contribution in [2.24, 2.45) is 5.73 Å². The Morgan fingerprint density at radius 2 is 1.82 bits per heavy atom. The summed E-state index contributed by atoms with van der Waals surface area (Å²) in [5, 5.41) is 1.74. The van der Waals surface area contributed by atoms with E-state index in [-0.39, 0.29) is 45.4 Å². The number of ketones is 1. The van der Waals surface area contributed by atoms with Gasteiger partial charge in [0.15, 0.2) is 5.78 Å². The molecule has 1 unspecified atom stereocenters. The summed E-state index contributed by atoms with van der Waals surface area (Å²) < 4.78 is 46.9. The van der Waals surface area contributed by atoms with Crippen LogP contribution in [0.1, 0.15) is 55.8 Å². The van der Waals surface area contributed by atoms with Crippen molar-refractivity contribution in [1.82, 2.24) is 10.2 Å². The number of nitrogens with zero attached hydrogens (tertiary/aromatic N) is 1. The molecular weight excluding hydrogens is 511 g/mol. The highest BCUT2D eigenvalue weighted by Crippen LogP contribution is 2.22. The van der Waals surface area contributed by atoms with Crippen molar-refractivity contribution in [2.75, 3.05) is 19.7 Å². The maximum Gasteiger partial charge on any atom is 0.471 e. The average molecular weight is 544 g/mol. The van der Waals surface area contributed by atoms with E-state index in [2.05, 4.69) is 0 Å². The first kappa shape index (κ1) is 30.7. The van der Waals surface area contributed by atoms with Crippen LogP contribution < -0.4 is 11.1 Å². The molecule has 0 aromatic heterocycles. The molecule has 1 aromatic carbocycles. The maximum atomic E-state index is 13.0. The lowest BCUT2D eigenvalue weighted by molar-refractivity contribution is -0.173. The zero-order chi connectivity index (χ0) is 28.3. The van der Waals surface area contributed by atoms with Gasteiger partial charge in [0.1, 0.15) is 6.04 Å². The molecule has 1 saturated heterocycles. The number of alkyl halides is 3. The van der Waals surface area contributed by atoms with E-state index in [0.29, 0.717) is 12.0 Å². The summed E-state index contributed by atoms with van der Waals surface area (Å²) in [4.78, 5) is 62.9. The highest BCUT2D eigenvalue weighted by molar-refractivity contribution is 5.99. The third-order valence-corrected chi connectivity index (χ3v) is 5.88. The van der Waals surface area contributed by atoms with Gasteiger partial charge in [-0.25, -0.2) is 9.59 Å². The Bertz CT molecular complexity index is 988. The lowest BCUT2D eigenvalue weighted by Gasteiger charge is -2.27. The highest BCUT2D eigenvalue weighted by Gasteiger charge is 2.40. The fourth-order valence-corrected chi connectivity index (χ4v) is 3.94. The van der Waals surface area contributed by atoms with E-state index in [1.54, 1.807) is 42.6 Å². The largest absolute Gasteiger partial charge is 0.471 e. The molecule has 2 amide bonds. The number of benzene rings is 1. The number of ether oxygens (including phenoxy) is 2. The molecule has 10 nitrogen and oxygen atoms in total. The number of likely N-dealkylation sites (tertiary alicyclic amines) is 1. The van der Waals surface area contributed by atoms with Crippen LogP contribution in [-0.2, 0) is 28.7 Å². The quantitative estimate of drug-likeness (QED) is 0.218. The number of amides is 2. The summed E-state index contributed by atoms with van der Waals surface area (Å²) in [5.41, 5.74) is 6.29. The number of nitrogens with one attached hydrogen (secondary N) is 1. The summed E-state index contributed by atoms with van der Waals surface area (Å²) in [6.45, 7) is 1.57. The molecule has 0 spiro atoms. The summed E-state index contributed by atoms with van der Waals surface area (Å²) in [6.07, 6.45) is -5.58. The van der Waals surface area contributed by atoms with Crippen LogP contribution in [0.2, 0.25) is 0 Å². The number of hydrogen-bond acceptors (Lipinski definition) is 8. The van der Waals surface area contributed by atoms with Crippen LogP contribution in [0.3, 0.4) is 0 Å². The van der Waals surface area contributed by atoms with E-state index in [1.807, 2.05) is 0 Å². The molecule has 2 rings (SSSR count). The van der Waals surface area contributed by atoms with Gasteiger partial charge in [0.25, 0.3) is 0 Å². The second-order valence-corrected chi connectivity index (χ2v) is 8.72. The summed E-state index contributed by atoms with van der Waals surface area (Å²) in [7, 11) is 0. The van der Waals surface area contributed by atoms with Crippen LogP contribution in [0.25, 0.3) is 0 Å². The van der Waals surface area contributed by atoms with Crippen LogP contribution in [0.4, 0.5) is 13.2 Å². The van der Waals surface area contributed by atoms with Crippen molar-refractivity contribution in [1.29, 1.82) is 0 Å². The molecule has 0 saturated carbocycles. The Kier molecular flexibility index (Phi) is 11.7. The van der Waals surface area contributed by atoms with Crippen LogP contribution >= 0.6 is 0 Å². The number of unbranched alkanes of at least 4 members (excludes halogenated alkanes) is 1. The SMILES string of the molecule is CCOC(=O)C(CC(=O)c1ccccc1)OC(=O)[C@@H]1CCCN1C(=O)[C@@H](N)CCCCNC(=O)C(F)(F)F. The van der Waals surface area contributed by atoms with Crippen LogP contribution in [0, 0.1) is 0 Å². The van der Waals surface area contributed by atoms with Crippen molar-refractivity contribution in [3.05, 3.63) is 35.9 Å². The molecule has 1 heterocycles. The zero-order valence-corrected chi connectivity index (χ0v) is 21.0. The highest BCUT2D eigenvalue weighted by atomic mass is 19.4. The number of halogens is 3. The minimum Gasteiger partial charge on any atom is -0.463 e. The van der Waals surface area contributed by atoms with E-state index in [1.165, 1.54) is 4.90 Å². The number of Topliss-reactive ketones (excluding diaryl/α,β-unsaturated/α-hetero) is 1. The van der Waals surface area contributed by atoms with Crippen molar-refractivity contribution in [2.45, 2.75) is 69.8 Å². The second-order valence-electron chi connectivity index (χ2n) is 8.72. The molecule has 1 fully saturated rings. The monoisotopic (exact) mass is 543 g/mol. The first-order valence-corrected chi connectivity index (χ1v) is 12.3. The van der Waals surface area contributed by atoms with Crippen LogP contribution in [-0.4, -0.2) is 78.5 Å². The third-order valence-electron chi connectivity index (χ3n) is 5.88. The summed E-state index contributed by atoms with van der Waals surface area (Å²) in [6, 6.07) is 6.13. The van der Waals surface area contributed by atoms with Crippen molar-refractivity contribution in [3.63, 3.8) is 0 Å². The van der Waals surface area contributed by atoms with Gasteiger partial charge in [-0.2, -0.15) is 13.2 Å². The smallest absolute Gasteiger partial charge is 0.463 e. The van der Waals surface area contributed by atoms with Gasteiger partial charge >= 0.3 is 24.0 Å². The predicted octanol–water partition coefficient (Wildman–Crippen LogP) is 1.90. The normalized spacial score (nSPS) is 16.9. The van der Waals surface area contributed by atoms with E-state index in [9.17, 15) is 37.1 Å². The Hall–Kier alpha value is -3.48. The van der Waals surface area contributed by atoms with Crippen molar-refractivity contribution < 1.29 is 46.6 Å². The fourth-order valence-electron chi connectivity index (χ4n) is 3.94. The Balaban J connectivity index is 1.93. The molecule has 38 heavy (non-hydrogen) atoms. The van der Waals surface area contributed by atoms with E-state index in [0.717, 1.165) is 0 Å². The van der Waals surface area contributed by atoms with Gasteiger partial charge in [-0.3, -0.25) is 14.4 Å². The number of carbonyl (C=O) groups is 5. The first-order chi connectivity index (χ1) is 18.0. The molecular formula is C25H32F3N3O7. The molecule has 3 N–H and O–H groups in total. The number of rotatable bonds is 13. The summed E-state index contributed by atoms with van der Waals surface area (Å²) in [5.74, 6) is -4.75.